The van der Waals surface area contributed by atoms with Crippen LogP contribution >= 0.6 is 0 Å². The molecule has 1 fully saturated rings. The molecule has 1 aliphatic heterocycles. The molecule has 2 atom stereocenters. The van der Waals surface area contributed by atoms with Gasteiger partial charge in [0.15, 0.2) is 0 Å². The van der Waals surface area contributed by atoms with Crippen molar-refractivity contribution in [1.29, 1.82) is 0 Å². The van der Waals surface area contributed by atoms with E-state index in [1.54, 1.807) is 6.92 Å². The van der Waals surface area contributed by atoms with Crippen molar-refractivity contribution in [3.63, 3.8) is 0 Å². The number of H-pyrrole nitrogens is 1. The second-order valence-electron chi connectivity index (χ2n) is 3.66. The zero-order valence-electron chi connectivity index (χ0n) is 8.27. The molecule has 2 heterocycles. The molecule has 0 spiro atoms. The van der Waals surface area contributed by atoms with Crippen LogP contribution in [0.4, 0.5) is 0 Å². The summed E-state index contributed by atoms with van der Waals surface area (Å²) in [6.07, 6.45) is 0.784. The monoisotopic (exact) mass is 212 g/mol. The maximum absolute atomic E-state index is 11.4. The van der Waals surface area contributed by atoms with E-state index >= 15 is 0 Å². The van der Waals surface area contributed by atoms with Crippen molar-refractivity contribution in [2.24, 2.45) is 0 Å². The predicted octanol–water partition coefficient (Wildman–Crippen LogP) is -0.875. The summed E-state index contributed by atoms with van der Waals surface area (Å²) < 4.78 is 6.52. The Hall–Kier alpha value is -1.40. The van der Waals surface area contributed by atoms with E-state index in [1.807, 2.05) is 0 Å². The number of rotatable bonds is 1. The van der Waals surface area contributed by atoms with Gasteiger partial charge in [0.25, 0.3) is 5.56 Å². The second kappa shape index (κ2) is 3.63. The van der Waals surface area contributed by atoms with E-state index in [9.17, 15) is 14.7 Å². The van der Waals surface area contributed by atoms with Gasteiger partial charge >= 0.3 is 5.69 Å². The first-order chi connectivity index (χ1) is 7.08. The van der Waals surface area contributed by atoms with Gasteiger partial charge in [-0.15, -0.1) is 0 Å². The number of hydrogen-bond acceptors (Lipinski definition) is 4. The number of nitrogens with one attached hydrogen (secondary N) is 1. The number of nitrogens with zero attached hydrogens (tertiary/aromatic N) is 1. The van der Waals surface area contributed by atoms with Crippen molar-refractivity contribution in [2.75, 3.05) is 6.61 Å². The standard InChI is InChI=1S/C9H12N2O4/c1-5-3-11(9(14)10-8(5)13)7-2-6(12)4-15-7/h3,6-7,12H,2,4H2,1H3,(H,10,13,14)/t6-,7-/m1/s1. The quantitative estimate of drug-likeness (QED) is 0.633. The Bertz CT molecular complexity index is 476. The number of aliphatic hydroxyl groups is 1. The SMILES string of the molecule is Cc1cn([C@H]2C[C@@H](O)CO2)c(=O)[nH]c1=O. The van der Waals surface area contributed by atoms with E-state index in [-0.39, 0.29) is 6.61 Å². The van der Waals surface area contributed by atoms with Gasteiger partial charge in [-0.25, -0.2) is 4.79 Å². The molecule has 6 heteroatoms. The minimum atomic E-state index is -0.547. The summed E-state index contributed by atoms with van der Waals surface area (Å²) >= 11 is 0. The molecule has 1 aromatic rings. The molecule has 0 amide bonds. The van der Waals surface area contributed by atoms with Crippen molar-refractivity contribution in [3.05, 3.63) is 32.6 Å². The highest BCUT2D eigenvalue weighted by Gasteiger charge is 2.25. The number of aromatic amines is 1. The van der Waals surface area contributed by atoms with Crippen LogP contribution < -0.4 is 11.2 Å². The number of aryl methyl sites for hydroxylation is 1. The molecule has 6 nitrogen and oxygen atoms in total. The minimum absolute atomic E-state index is 0.218. The highest BCUT2D eigenvalue weighted by atomic mass is 16.5. The Morgan fingerprint density at radius 3 is 2.93 bits per heavy atom. The molecule has 2 N–H and O–H groups in total. The van der Waals surface area contributed by atoms with E-state index < -0.39 is 23.6 Å². The lowest BCUT2D eigenvalue weighted by Crippen LogP contribution is -2.33. The summed E-state index contributed by atoms with van der Waals surface area (Å²) in [6, 6.07) is 0. The van der Waals surface area contributed by atoms with E-state index in [0.717, 1.165) is 0 Å². The molecule has 2 rings (SSSR count). The Kier molecular flexibility index (Phi) is 2.45. The molecule has 1 aliphatic rings. The molecule has 0 saturated carbocycles. The first-order valence-electron chi connectivity index (χ1n) is 4.69. The third-order valence-corrected chi connectivity index (χ3v) is 2.41. The van der Waals surface area contributed by atoms with Gasteiger partial charge in [0.1, 0.15) is 6.23 Å². The van der Waals surface area contributed by atoms with E-state index in [4.69, 9.17) is 4.74 Å². The van der Waals surface area contributed by atoms with Gasteiger partial charge in [-0.2, -0.15) is 0 Å². The first-order valence-corrected chi connectivity index (χ1v) is 4.69. The van der Waals surface area contributed by atoms with Gasteiger partial charge in [0.2, 0.25) is 0 Å². The molecule has 0 unspecified atom stereocenters. The molecule has 1 aromatic heterocycles. The lowest BCUT2D eigenvalue weighted by molar-refractivity contribution is 0.0445. The Labute approximate surface area is 85.1 Å². The summed E-state index contributed by atoms with van der Waals surface area (Å²) in [5, 5.41) is 9.26. The highest BCUT2D eigenvalue weighted by Crippen LogP contribution is 2.21. The van der Waals surface area contributed by atoms with E-state index in [1.165, 1.54) is 10.8 Å². The van der Waals surface area contributed by atoms with Crippen LogP contribution in [0.3, 0.4) is 0 Å². The van der Waals surface area contributed by atoms with Crippen molar-refractivity contribution >= 4 is 0 Å². The van der Waals surface area contributed by atoms with E-state index in [2.05, 4.69) is 4.98 Å². The summed E-state index contributed by atoms with van der Waals surface area (Å²) in [7, 11) is 0. The van der Waals surface area contributed by atoms with Crippen LogP contribution in [0.1, 0.15) is 18.2 Å². The Morgan fingerprint density at radius 2 is 2.33 bits per heavy atom. The smallest absolute Gasteiger partial charge is 0.330 e. The fourth-order valence-electron chi connectivity index (χ4n) is 1.58. The number of ether oxygens (including phenoxy) is 1. The Morgan fingerprint density at radius 1 is 1.60 bits per heavy atom. The van der Waals surface area contributed by atoms with Gasteiger partial charge in [0, 0.05) is 18.2 Å². The maximum Gasteiger partial charge on any atom is 0.330 e. The summed E-state index contributed by atoms with van der Waals surface area (Å²) in [6.45, 7) is 1.83. The normalized spacial score (nSPS) is 25.7. The highest BCUT2D eigenvalue weighted by molar-refractivity contribution is 5.01. The van der Waals surface area contributed by atoms with Crippen LogP contribution in [0.2, 0.25) is 0 Å². The zero-order valence-corrected chi connectivity index (χ0v) is 8.27. The molecule has 82 valence electrons. The fraction of sp³-hybridized carbons (Fsp3) is 0.556. The molecular weight excluding hydrogens is 200 g/mol. The Balaban J connectivity index is 2.41. The summed E-state index contributed by atoms with van der Waals surface area (Å²) in [4.78, 5) is 24.7. The van der Waals surface area contributed by atoms with Crippen LogP contribution in [0, 0.1) is 6.92 Å². The lowest BCUT2D eigenvalue weighted by Gasteiger charge is -2.12. The van der Waals surface area contributed by atoms with Crippen LogP contribution in [-0.4, -0.2) is 27.4 Å². The van der Waals surface area contributed by atoms with Crippen molar-refractivity contribution in [3.8, 4) is 0 Å². The predicted molar refractivity (Wildman–Crippen MR) is 51.7 cm³/mol. The molecule has 0 bridgehead atoms. The maximum atomic E-state index is 11.4. The van der Waals surface area contributed by atoms with Crippen molar-refractivity contribution in [2.45, 2.75) is 25.7 Å². The summed E-state index contributed by atoms with van der Waals surface area (Å²) in [5.41, 5.74) is -0.459. The van der Waals surface area contributed by atoms with Crippen LogP contribution in [0.25, 0.3) is 0 Å². The molecular formula is C9H12N2O4. The molecule has 1 saturated heterocycles. The topological polar surface area (TPSA) is 84.3 Å². The lowest BCUT2D eigenvalue weighted by atomic mass is 10.3. The van der Waals surface area contributed by atoms with Crippen LogP contribution in [0.5, 0.6) is 0 Å². The van der Waals surface area contributed by atoms with Crippen LogP contribution in [-0.2, 0) is 4.74 Å². The third kappa shape index (κ3) is 1.86. The third-order valence-electron chi connectivity index (χ3n) is 2.41. The molecule has 15 heavy (non-hydrogen) atoms. The van der Waals surface area contributed by atoms with Gasteiger partial charge in [-0.1, -0.05) is 0 Å². The van der Waals surface area contributed by atoms with Crippen molar-refractivity contribution < 1.29 is 9.84 Å². The largest absolute Gasteiger partial charge is 0.391 e. The second-order valence-corrected chi connectivity index (χ2v) is 3.66. The van der Waals surface area contributed by atoms with Crippen molar-refractivity contribution in [1.82, 2.24) is 9.55 Å². The molecule has 0 radical (unpaired) electrons. The van der Waals surface area contributed by atoms with E-state index in [0.29, 0.717) is 12.0 Å². The first kappa shape index (κ1) is 10.1. The number of hydrogen-bond donors (Lipinski definition) is 2. The fourth-order valence-corrected chi connectivity index (χ4v) is 1.58. The van der Waals surface area contributed by atoms with Gasteiger partial charge in [0.05, 0.1) is 12.7 Å². The average Bonchev–Trinajstić information content (AvgIpc) is 2.58. The summed E-state index contributed by atoms with van der Waals surface area (Å²) in [5.74, 6) is 0. The zero-order chi connectivity index (χ0) is 11.0. The molecule has 0 aliphatic carbocycles. The molecule has 0 aromatic carbocycles. The average molecular weight is 212 g/mol. The van der Waals surface area contributed by atoms with Gasteiger partial charge in [-0.05, 0) is 6.92 Å². The number of aliphatic hydroxyl groups excluding tert-OH is 1. The van der Waals surface area contributed by atoms with Gasteiger partial charge in [-0.3, -0.25) is 14.3 Å². The van der Waals surface area contributed by atoms with Gasteiger partial charge < -0.3 is 9.84 Å². The minimum Gasteiger partial charge on any atom is -0.391 e. The van der Waals surface area contributed by atoms with Crippen LogP contribution in [0.15, 0.2) is 15.8 Å². The number of aromatic nitrogens is 2.